The number of nitrogens with one attached hydrogen (secondary N) is 2. The number of benzene rings is 3. The Morgan fingerprint density at radius 1 is 1.12 bits per heavy atom. The maximum atomic E-state index is 13.2. The molecule has 0 radical (unpaired) electrons. The van der Waals surface area contributed by atoms with E-state index in [4.69, 9.17) is 0 Å². The van der Waals surface area contributed by atoms with Crippen molar-refractivity contribution in [3.8, 4) is 0 Å². The summed E-state index contributed by atoms with van der Waals surface area (Å²) in [4.78, 5) is 44.0. The van der Waals surface area contributed by atoms with Gasteiger partial charge in [0.2, 0.25) is 5.91 Å². The van der Waals surface area contributed by atoms with Gasteiger partial charge in [-0.25, -0.2) is 9.78 Å². The number of thioether (sulfide) groups is 1. The highest BCUT2D eigenvalue weighted by molar-refractivity contribution is 8.00. The van der Waals surface area contributed by atoms with Gasteiger partial charge in [0.25, 0.3) is 5.91 Å². The van der Waals surface area contributed by atoms with Crippen LogP contribution in [-0.4, -0.2) is 40.5 Å². The van der Waals surface area contributed by atoms with Crippen molar-refractivity contribution in [1.82, 2.24) is 15.2 Å². The van der Waals surface area contributed by atoms with Crippen molar-refractivity contribution >= 4 is 67.6 Å². The Morgan fingerprint density at radius 3 is 2.70 bits per heavy atom. The van der Waals surface area contributed by atoms with Gasteiger partial charge in [-0.1, -0.05) is 48.2 Å². The highest BCUT2D eigenvalue weighted by Gasteiger charge is 2.49. The van der Waals surface area contributed by atoms with Gasteiger partial charge in [0.1, 0.15) is 12.1 Å². The summed E-state index contributed by atoms with van der Waals surface area (Å²) in [5.41, 5.74) is 0.885. The van der Waals surface area contributed by atoms with Gasteiger partial charge in [-0.2, -0.15) is 0 Å². The maximum Gasteiger partial charge on any atom is 0.325 e. The van der Waals surface area contributed by atoms with Crippen LogP contribution in [0.4, 0.5) is 10.5 Å². The third kappa shape index (κ3) is 3.83. The van der Waals surface area contributed by atoms with Crippen molar-refractivity contribution in [3.05, 3.63) is 66.2 Å². The SMILES string of the molecule is CSc1nc2ccc(NC(=O)CN3C(=O)NC(C)(c4ccc5ccccc5c4)C3=O)cc2s1. The number of amides is 4. The summed E-state index contributed by atoms with van der Waals surface area (Å²) in [6.45, 7) is 1.29. The van der Waals surface area contributed by atoms with Crippen LogP contribution >= 0.6 is 23.1 Å². The highest BCUT2D eigenvalue weighted by atomic mass is 32.2. The lowest BCUT2D eigenvalue weighted by atomic mass is 9.90. The van der Waals surface area contributed by atoms with Crippen LogP contribution in [0.15, 0.2) is 65.0 Å². The molecule has 1 aromatic heterocycles. The monoisotopic (exact) mass is 476 g/mol. The van der Waals surface area contributed by atoms with Crippen LogP contribution in [0.1, 0.15) is 12.5 Å². The second-order valence-electron chi connectivity index (χ2n) is 7.92. The molecule has 9 heteroatoms. The molecule has 7 nitrogen and oxygen atoms in total. The number of thiazole rings is 1. The van der Waals surface area contributed by atoms with Crippen LogP contribution in [-0.2, 0) is 15.1 Å². The molecule has 2 heterocycles. The van der Waals surface area contributed by atoms with Gasteiger partial charge in [0.05, 0.1) is 10.2 Å². The Morgan fingerprint density at radius 2 is 1.91 bits per heavy atom. The van der Waals surface area contributed by atoms with E-state index >= 15 is 0 Å². The van der Waals surface area contributed by atoms with Crippen molar-refractivity contribution in [1.29, 1.82) is 0 Å². The second kappa shape index (κ2) is 8.17. The van der Waals surface area contributed by atoms with Crippen molar-refractivity contribution in [2.75, 3.05) is 18.1 Å². The number of fused-ring (bicyclic) bond motifs is 2. The van der Waals surface area contributed by atoms with E-state index in [1.165, 1.54) is 0 Å². The molecule has 0 bridgehead atoms. The first kappa shape index (κ1) is 21.4. The number of urea groups is 1. The molecule has 5 rings (SSSR count). The number of nitrogens with zero attached hydrogens (tertiary/aromatic N) is 2. The maximum absolute atomic E-state index is 13.2. The van der Waals surface area contributed by atoms with Crippen LogP contribution in [0.3, 0.4) is 0 Å². The number of hydrogen-bond acceptors (Lipinski definition) is 6. The van der Waals surface area contributed by atoms with E-state index in [0.717, 1.165) is 30.2 Å². The summed E-state index contributed by atoms with van der Waals surface area (Å²) < 4.78 is 1.90. The lowest BCUT2D eigenvalue weighted by Gasteiger charge is -2.22. The minimum absolute atomic E-state index is 0.370. The normalized spacial score (nSPS) is 18.2. The Bertz CT molecular complexity index is 1430. The third-order valence-corrected chi connectivity index (χ3v) is 7.73. The fraction of sp³-hybridized carbons (Fsp3) is 0.167. The third-order valence-electron chi connectivity index (χ3n) is 5.73. The van der Waals surface area contributed by atoms with Crippen LogP contribution < -0.4 is 10.6 Å². The van der Waals surface area contributed by atoms with Gasteiger partial charge in [-0.05, 0) is 53.8 Å². The zero-order valence-electron chi connectivity index (χ0n) is 17.9. The zero-order valence-corrected chi connectivity index (χ0v) is 19.5. The van der Waals surface area contributed by atoms with Gasteiger partial charge in [0.15, 0.2) is 4.34 Å². The van der Waals surface area contributed by atoms with Crippen LogP contribution in [0, 0.1) is 0 Å². The lowest BCUT2D eigenvalue weighted by molar-refractivity contribution is -0.133. The Kier molecular flexibility index (Phi) is 5.30. The standard InChI is InChI=1S/C24H20N4O3S2/c1-24(16-8-7-14-5-3-4-6-15(14)11-16)21(30)28(22(31)27-24)13-20(29)25-17-9-10-18-19(12-17)33-23(26-18)32-2/h3-12H,13H2,1-2H3,(H,25,29)(H,27,31). The van der Waals surface area contributed by atoms with Gasteiger partial charge in [0, 0.05) is 5.69 Å². The molecule has 33 heavy (non-hydrogen) atoms. The van der Waals surface area contributed by atoms with Crippen molar-refractivity contribution in [2.24, 2.45) is 0 Å². The van der Waals surface area contributed by atoms with Crippen molar-refractivity contribution < 1.29 is 14.4 Å². The predicted octanol–water partition coefficient (Wildman–Crippen LogP) is 4.58. The molecule has 1 aliphatic rings. The van der Waals surface area contributed by atoms with Gasteiger partial charge >= 0.3 is 6.03 Å². The summed E-state index contributed by atoms with van der Waals surface area (Å²) in [6.07, 6.45) is 1.96. The predicted molar refractivity (Wildman–Crippen MR) is 132 cm³/mol. The van der Waals surface area contributed by atoms with E-state index in [9.17, 15) is 14.4 Å². The smallest absolute Gasteiger partial charge is 0.324 e. The number of imide groups is 1. The lowest BCUT2D eigenvalue weighted by Crippen LogP contribution is -2.42. The molecule has 1 fully saturated rings. The first-order valence-electron chi connectivity index (χ1n) is 10.3. The molecule has 166 valence electrons. The number of carbonyl (C=O) groups is 3. The number of hydrogen-bond donors (Lipinski definition) is 2. The summed E-state index contributed by atoms with van der Waals surface area (Å²) >= 11 is 3.11. The van der Waals surface area contributed by atoms with Crippen molar-refractivity contribution in [2.45, 2.75) is 16.8 Å². The summed E-state index contributed by atoms with van der Waals surface area (Å²) in [7, 11) is 0. The summed E-state index contributed by atoms with van der Waals surface area (Å²) in [5, 5.41) is 7.55. The van der Waals surface area contributed by atoms with E-state index in [1.807, 2.05) is 60.9 Å². The number of aromatic nitrogens is 1. The molecule has 3 aromatic carbocycles. The minimum atomic E-state index is -1.24. The van der Waals surface area contributed by atoms with Crippen LogP contribution in [0.5, 0.6) is 0 Å². The molecule has 4 amide bonds. The Labute approximate surface area is 198 Å². The molecule has 0 spiro atoms. The van der Waals surface area contributed by atoms with E-state index in [2.05, 4.69) is 15.6 Å². The highest BCUT2D eigenvalue weighted by Crippen LogP contribution is 2.32. The molecule has 1 aliphatic heterocycles. The molecule has 2 N–H and O–H groups in total. The molecule has 1 saturated heterocycles. The molecule has 0 saturated carbocycles. The quantitative estimate of drug-likeness (QED) is 0.325. The average Bonchev–Trinajstić information content (AvgIpc) is 3.32. The van der Waals surface area contributed by atoms with E-state index in [1.54, 1.807) is 36.1 Å². The largest absolute Gasteiger partial charge is 0.325 e. The molecular formula is C24H20N4O3S2. The van der Waals surface area contributed by atoms with Crippen LogP contribution in [0.25, 0.3) is 21.0 Å². The van der Waals surface area contributed by atoms with Gasteiger partial charge in [-0.3, -0.25) is 14.5 Å². The molecule has 0 aliphatic carbocycles. The fourth-order valence-electron chi connectivity index (χ4n) is 3.95. The average molecular weight is 477 g/mol. The minimum Gasteiger partial charge on any atom is -0.324 e. The molecule has 1 unspecified atom stereocenters. The number of rotatable bonds is 5. The first-order chi connectivity index (χ1) is 15.9. The fourth-order valence-corrected chi connectivity index (χ4v) is 5.48. The molecule has 1 atom stereocenters. The number of anilines is 1. The Hall–Kier alpha value is -3.43. The summed E-state index contributed by atoms with van der Waals surface area (Å²) in [6, 6.07) is 18.3. The first-order valence-corrected chi connectivity index (χ1v) is 12.3. The van der Waals surface area contributed by atoms with E-state index in [0.29, 0.717) is 11.3 Å². The molecular weight excluding hydrogens is 456 g/mol. The van der Waals surface area contributed by atoms with E-state index < -0.39 is 23.4 Å². The Balaban J connectivity index is 1.33. The second-order valence-corrected chi connectivity index (χ2v) is 10.0. The van der Waals surface area contributed by atoms with Gasteiger partial charge in [-0.15, -0.1) is 11.3 Å². The number of carbonyl (C=O) groups excluding carboxylic acids is 3. The van der Waals surface area contributed by atoms with E-state index in [-0.39, 0.29) is 6.54 Å². The topological polar surface area (TPSA) is 91.4 Å². The zero-order chi connectivity index (χ0) is 23.2. The van der Waals surface area contributed by atoms with Gasteiger partial charge < -0.3 is 10.6 Å². The van der Waals surface area contributed by atoms with Crippen molar-refractivity contribution in [3.63, 3.8) is 0 Å². The molecule has 4 aromatic rings. The van der Waals surface area contributed by atoms with Crippen LogP contribution in [0.2, 0.25) is 0 Å². The summed E-state index contributed by atoms with van der Waals surface area (Å²) in [5.74, 6) is -0.907.